The molecule has 0 nitrogen and oxygen atoms in total. The summed E-state index contributed by atoms with van der Waals surface area (Å²) >= 11 is 6.27. The molecular weight excluding hydrogens is 208 g/mol. The lowest BCUT2D eigenvalue weighted by atomic mass is 10.1. The molecule has 0 aromatic rings. The van der Waals surface area contributed by atoms with Crippen molar-refractivity contribution in [1.82, 2.24) is 0 Å². The first kappa shape index (κ1) is 14.2. The van der Waals surface area contributed by atoms with Crippen molar-refractivity contribution in [3.05, 3.63) is 12.7 Å². The molecule has 0 spiro atoms. The molecule has 0 aliphatic carbocycles. The summed E-state index contributed by atoms with van der Waals surface area (Å²) in [6, 6.07) is 2.66. The van der Waals surface area contributed by atoms with E-state index in [-0.39, 0.29) is 0 Å². The second-order valence-corrected chi connectivity index (χ2v) is 8.22. The van der Waals surface area contributed by atoms with Crippen LogP contribution in [0.25, 0.3) is 0 Å². The summed E-state index contributed by atoms with van der Waals surface area (Å²) in [5.41, 5.74) is 0. The van der Waals surface area contributed by atoms with Gasteiger partial charge in [0.05, 0.1) is 0 Å². The Hall–Kier alpha value is 0.247. The molecule has 1 unspecified atom stereocenters. The van der Waals surface area contributed by atoms with Gasteiger partial charge >= 0.3 is 0 Å². The summed E-state index contributed by atoms with van der Waals surface area (Å²) in [5, 5.41) is 0. The van der Waals surface area contributed by atoms with Crippen molar-refractivity contribution in [3.63, 3.8) is 0 Å². The quantitative estimate of drug-likeness (QED) is 0.218. The van der Waals surface area contributed by atoms with Gasteiger partial charge in [-0.1, -0.05) is 45.1 Å². The SMILES string of the molecule is C=CCCCCCCC[SiH](Cl)CCC. The van der Waals surface area contributed by atoms with Crippen LogP contribution in [-0.2, 0) is 0 Å². The van der Waals surface area contributed by atoms with Crippen LogP contribution >= 0.6 is 11.1 Å². The van der Waals surface area contributed by atoms with Crippen LogP contribution in [0, 0.1) is 0 Å². The zero-order valence-corrected chi connectivity index (χ0v) is 11.5. The molecular formula is C12H25ClSi. The van der Waals surface area contributed by atoms with Gasteiger partial charge in [-0.2, -0.15) is 11.1 Å². The Bertz CT molecular complexity index is 125. The van der Waals surface area contributed by atoms with Crippen molar-refractivity contribution in [2.75, 3.05) is 0 Å². The number of hydrogen-bond donors (Lipinski definition) is 0. The first-order valence-corrected chi connectivity index (χ1v) is 9.44. The highest BCUT2D eigenvalue weighted by molar-refractivity contribution is 7.06. The van der Waals surface area contributed by atoms with Crippen molar-refractivity contribution in [2.45, 2.75) is 64.0 Å². The molecule has 0 radical (unpaired) electrons. The Labute approximate surface area is 96.1 Å². The van der Waals surface area contributed by atoms with Crippen LogP contribution in [-0.4, -0.2) is 8.11 Å². The lowest BCUT2D eigenvalue weighted by molar-refractivity contribution is 0.636. The Morgan fingerprint density at radius 2 is 1.71 bits per heavy atom. The normalized spacial score (nSPS) is 12.7. The third-order valence-corrected chi connectivity index (χ3v) is 6.08. The Kier molecular flexibility index (Phi) is 11.5. The topological polar surface area (TPSA) is 0 Å². The largest absolute Gasteiger partial charge is 0.172 e. The molecule has 2 heteroatoms. The van der Waals surface area contributed by atoms with Crippen LogP contribution in [0.2, 0.25) is 12.1 Å². The van der Waals surface area contributed by atoms with Crippen molar-refractivity contribution in [3.8, 4) is 0 Å². The molecule has 0 rings (SSSR count). The van der Waals surface area contributed by atoms with E-state index in [0.29, 0.717) is 0 Å². The van der Waals surface area contributed by atoms with Gasteiger partial charge in [0, 0.05) is 0 Å². The van der Waals surface area contributed by atoms with Crippen LogP contribution in [0.1, 0.15) is 51.9 Å². The van der Waals surface area contributed by atoms with Crippen LogP contribution in [0.4, 0.5) is 0 Å². The maximum atomic E-state index is 6.27. The summed E-state index contributed by atoms with van der Waals surface area (Å²) in [5.74, 6) is 0. The van der Waals surface area contributed by atoms with Crippen molar-refractivity contribution in [2.24, 2.45) is 0 Å². The van der Waals surface area contributed by atoms with E-state index in [0.717, 1.165) is 0 Å². The van der Waals surface area contributed by atoms with E-state index in [1.165, 1.54) is 57.0 Å². The molecule has 0 amide bonds. The molecule has 0 saturated heterocycles. The second-order valence-electron chi connectivity index (χ2n) is 4.02. The Morgan fingerprint density at radius 3 is 2.36 bits per heavy atom. The number of allylic oxidation sites excluding steroid dienone is 1. The average Bonchev–Trinajstić information content (AvgIpc) is 2.17. The second kappa shape index (κ2) is 11.3. The van der Waals surface area contributed by atoms with Crippen LogP contribution in [0.3, 0.4) is 0 Å². The summed E-state index contributed by atoms with van der Waals surface area (Å²) in [7, 11) is -0.811. The van der Waals surface area contributed by atoms with Gasteiger partial charge in [-0.05, 0) is 24.9 Å². The van der Waals surface area contributed by atoms with Crippen molar-refractivity contribution >= 4 is 19.2 Å². The van der Waals surface area contributed by atoms with E-state index in [2.05, 4.69) is 13.5 Å². The predicted molar refractivity (Wildman–Crippen MR) is 70.8 cm³/mol. The predicted octanol–water partition coefficient (Wildman–Crippen LogP) is 4.89. The third kappa shape index (κ3) is 10.3. The average molecular weight is 233 g/mol. The molecule has 0 fully saturated rings. The standard InChI is InChI=1S/C12H25ClSi/c1-3-5-6-7-8-9-10-12-14(13)11-4-2/h3,14H,1,4-12H2,2H3. The lowest BCUT2D eigenvalue weighted by Crippen LogP contribution is -2.01. The van der Waals surface area contributed by atoms with Crippen LogP contribution < -0.4 is 0 Å². The van der Waals surface area contributed by atoms with Gasteiger partial charge in [0.1, 0.15) is 8.11 Å². The minimum Gasteiger partial charge on any atom is -0.172 e. The highest BCUT2D eigenvalue weighted by Gasteiger charge is 2.04. The fraction of sp³-hybridized carbons (Fsp3) is 0.833. The van der Waals surface area contributed by atoms with Gasteiger partial charge in [0.25, 0.3) is 0 Å². The summed E-state index contributed by atoms with van der Waals surface area (Å²) in [6.45, 7) is 5.96. The Balaban J connectivity index is 3.01. The fourth-order valence-electron chi connectivity index (χ4n) is 1.64. The van der Waals surface area contributed by atoms with Gasteiger partial charge in [-0.15, -0.1) is 6.58 Å². The van der Waals surface area contributed by atoms with Gasteiger partial charge in [0.15, 0.2) is 0 Å². The molecule has 14 heavy (non-hydrogen) atoms. The van der Waals surface area contributed by atoms with Gasteiger partial charge in [0.2, 0.25) is 0 Å². The van der Waals surface area contributed by atoms with E-state index >= 15 is 0 Å². The summed E-state index contributed by atoms with van der Waals surface area (Å²) in [6.07, 6.45) is 11.3. The molecule has 0 saturated carbocycles. The zero-order valence-electron chi connectivity index (χ0n) is 9.60. The molecule has 1 atom stereocenters. The number of rotatable bonds is 10. The third-order valence-electron chi connectivity index (χ3n) is 2.53. The first-order chi connectivity index (χ1) is 6.81. The lowest BCUT2D eigenvalue weighted by Gasteiger charge is -2.05. The monoisotopic (exact) mass is 232 g/mol. The minimum atomic E-state index is -0.811. The molecule has 0 aromatic carbocycles. The van der Waals surface area contributed by atoms with E-state index in [9.17, 15) is 0 Å². The molecule has 0 bridgehead atoms. The number of hydrogen-bond acceptors (Lipinski definition) is 0. The maximum absolute atomic E-state index is 6.27. The summed E-state index contributed by atoms with van der Waals surface area (Å²) < 4.78 is 0. The fourth-order valence-corrected chi connectivity index (χ4v) is 4.41. The molecule has 0 aromatic heterocycles. The van der Waals surface area contributed by atoms with Gasteiger partial charge < -0.3 is 0 Å². The highest BCUT2D eigenvalue weighted by atomic mass is 35.6. The highest BCUT2D eigenvalue weighted by Crippen LogP contribution is 2.14. The van der Waals surface area contributed by atoms with Crippen molar-refractivity contribution in [1.29, 1.82) is 0 Å². The molecule has 84 valence electrons. The smallest absolute Gasteiger partial charge is 0.141 e. The molecule has 0 N–H and O–H groups in total. The van der Waals surface area contributed by atoms with E-state index < -0.39 is 8.11 Å². The molecule has 0 aliphatic heterocycles. The van der Waals surface area contributed by atoms with Crippen LogP contribution in [0.5, 0.6) is 0 Å². The molecule has 0 heterocycles. The molecule has 0 aliphatic rings. The van der Waals surface area contributed by atoms with Gasteiger partial charge in [-0.3, -0.25) is 0 Å². The summed E-state index contributed by atoms with van der Waals surface area (Å²) in [4.78, 5) is 0. The maximum Gasteiger partial charge on any atom is 0.141 e. The van der Waals surface area contributed by atoms with E-state index in [4.69, 9.17) is 11.1 Å². The van der Waals surface area contributed by atoms with E-state index in [1.807, 2.05) is 6.08 Å². The number of halogens is 1. The minimum absolute atomic E-state index is 0.811. The van der Waals surface area contributed by atoms with Crippen LogP contribution in [0.15, 0.2) is 12.7 Å². The van der Waals surface area contributed by atoms with Crippen molar-refractivity contribution < 1.29 is 0 Å². The zero-order chi connectivity index (χ0) is 10.6. The Morgan fingerprint density at radius 1 is 1.07 bits per heavy atom. The van der Waals surface area contributed by atoms with Gasteiger partial charge in [-0.25, -0.2) is 0 Å². The van der Waals surface area contributed by atoms with E-state index in [1.54, 1.807) is 0 Å². The number of unbranched alkanes of at least 4 members (excludes halogenated alkanes) is 5. The first-order valence-electron chi connectivity index (χ1n) is 6.06.